The Balaban J connectivity index is 2.25. The summed E-state index contributed by atoms with van der Waals surface area (Å²) in [6, 6.07) is 5.17. The first-order valence-electron chi connectivity index (χ1n) is 5.81. The first kappa shape index (κ1) is 12.4. The molecule has 1 aromatic rings. The minimum Gasteiger partial charge on any atom is -0.496 e. The van der Waals surface area contributed by atoms with Crippen LogP contribution >= 0.6 is 11.6 Å². The van der Waals surface area contributed by atoms with E-state index in [4.69, 9.17) is 16.3 Å². The molecule has 0 spiro atoms. The van der Waals surface area contributed by atoms with Crippen molar-refractivity contribution in [1.82, 2.24) is 5.32 Å². The summed E-state index contributed by atoms with van der Waals surface area (Å²) in [5.74, 6) is 0.762. The van der Waals surface area contributed by atoms with Gasteiger partial charge in [-0.3, -0.25) is 4.79 Å². The molecule has 92 valence electrons. The SMILES string of the molecule is COc1ccc(Cl)cc1C(=O)[C@@H]1CCCNC1. The number of methoxy groups -OCH3 is 1. The molecular weight excluding hydrogens is 238 g/mol. The number of rotatable bonds is 3. The summed E-state index contributed by atoms with van der Waals surface area (Å²) in [7, 11) is 1.57. The average molecular weight is 254 g/mol. The Hall–Kier alpha value is -1.06. The van der Waals surface area contributed by atoms with E-state index in [1.807, 2.05) is 0 Å². The van der Waals surface area contributed by atoms with E-state index in [-0.39, 0.29) is 11.7 Å². The second kappa shape index (κ2) is 5.52. The number of halogens is 1. The number of carbonyl (C=O) groups is 1. The van der Waals surface area contributed by atoms with Crippen LogP contribution in [0.1, 0.15) is 23.2 Å². The van der Waals surface area contributed by atoms with Gasteiger partial charge in [-0.25, -0.2) is 0 Å². The largest absolute Gasteiger partial charge is 0.496 e. The van der Waals surface area contributed by atoms with Crippen molar-refractivity contribution in [2.24, 2.45) is 5.92 Å². The molecule has 1 fully saturated rings. The van der Waals surface area contributed by atoms with Crippen LogP contribution < -0.4 is 10.1 Å². The molecule has 4 heteroatoms. The Morgan fingerprint density at radius 1 is 1.53 bits per heavy atom. The van der Waals surface area contributed by atoms with Crippen LogP contribution in [-0.4, -0.2) is 26.0 Å². The smallest absolute Gasteiger partial charge is 0.170 e. The van der Waals surface area contributed by atoms with Gasteiger partial charge < -0.3 is 10.1 Å². The first-order valence-corrected chi connectivity index (χ1v) is 6.18. The fourth-order valence-corrected chi connectivity index (χ4v) is 2.34. The van der Waals surface area contributed by atoms with E-state index in [0.29, 0.717) is 16.3 Å². The van der Waals surface area contributed by atoms with Gasteiger partial charge in [-0.15, -0.1) is 0 Å². The minimum absolute atomic E-state index is 0.0381. The number of benzene rings is 1. The third-order valence-corrected chi connectivity index (χ3v) is 3.33. The Kier molecular flexibility index (Phi) is 4.02. The normalized spacial score (nSPS) is 20.0. The second-order valence-corrected chi connectivity index (χ2v) is 4.69. The number of hydrogen-bond acceptors (Lipinski definition) is 3. The van der Waals surface area contributed by atoms with Crippen LogP contribution in [0.4, 0.5) is 0 Å². The van der Waals surface area contributed by atoms with E-state index < -0.39 is 0 Å². The maximum Gasteiger partial charge on any atom is 0.170 e. The van der Waals surface area contributed by atoms with E-state index in [1.165, 1.54) is 0 Å². The fraction of sp³-hybridized carbons (Fsp3) is 0.462. The van der Waals surface area contributed by atoms with Crippen LogP contribution in [0.5, 0.6) is 5.75 Å². The molecule has 1 aromatic carbocycles. The molecule has 1 saturated heterocycles. The van der Waals surface area contributed by atoms with E-state index in [0.717, 1.165) is 25.9 Å². The maximum absolute atomic E-state index is 12.4. The third kappa shape index (κ3) is 2.79. The Bertz CT molecular complexity index is 414. The van der Waals surface area contributed by atoms with Crippen LogP contribution in [0.2, 0.25) is 5.02 Å². The zero-order chi connectivity index (χ0) is 12.3. The molecule has 1 aliphatic heterocycles. The summed E-state index contributed by atoms with van der Waals surface area (Å²) >= 11 is 5.93. The third-order valence-electron chi connectivity index (χ3n) is 3.09. The zero-order valence-corrected chi connectivity index (χ0v) is 10.6. The van der Waals surface area contributed by atoms with Crippen molar-refractivity contribution in [3.05, 3.63) is 28.8 Å². The number of Topliss-reactive ketones (excluding diaryl/α,β-unsaturated/α-hetero) is 1. The number of ether oxygens (including phenoxy) is 1. The number of hydrogen-bond donors (Lipinski definition) is 1. The molecule has 0 aliphatic carbocycles. The van der Waals surface area contributed by atoms with E-state index in [1.54, 1.807) is 25.3 Å². The number of piperidine rings is 1. The minimum atomic E-state index is 0.0381. The van der Waals surface area contributed by atoms with Crippen molar-refractivity contribution in [2.75, 3.05) is 20.2 Å². The summed E-state index contributed by atoms with van der Waals surface area (Å²) < 4.78 is 5.21. The van der Waals surface area contributed by atoms with Crippen LogP contribution in [0.25, 0.3) is 0 Å². The Labute approximate surface area is 106 Å². The van der Waals surface area contributed by atoms with Crippen molar-refractivity contribution >= 4 is 17.4 Å². The molecule has 0 saturated carbocycles. The van der Waals surface area contributed by atoms with Crippen molar-refractivity contribution in [3.8, 4) is 5.75 Å². The highest BCUT2D eigenvalue weighted by atomic mass is 35.5. The average Bonchev–Trinajstić information content (AvgIpc) is 2.39. The maximum atomic E-state index is 12.4. The van der Waals surface area contributed by atoms with E-state index in [2.05, 4.69) is 5.32 Å². The Morgan fingerprint density at radius 3 is 3.00 bits per heavy atom. The van der Waals surface area contributed by atoms with Crippen LogP contribution in [0, 0.1) is 5.92 Å². The molecule has 0 bridgehead atoms. The molecule has 0 unspecified atom stereocenters. The second-order valence-electron chi connectivity index (χ2n) is 4.25. The van der Waals surface area contributed by atoms with Gasteiger partial charge in [0.2, 0.25) is 0 Å². The predicted octanol–water partition coefficient (Wildman–Crippen LogP) is 2.53. The lowest BCUT2D eigenvalue weighted by atomic mass is 9.90. The van der Waals surface area contributed by atoms with Gasteiger partial charge in [0.05, 0.1) is 12.7 Å². The van der Waals surface area contributed by atoms with Gasteiger partial charge in [0.1, 0.15) is 5.75 Å². The van der Waals surface area contributed by atoms with Gasteiger partial charge in [0, 0.05) is 17.5 Å². The Morgan fingerprint density at radius 2 is 2.35 bits per heavy atom. The van der Waals surface area contributed by atoms with Crippen molar-refractivity contribution in [3.63, 3.8) is 0 Å². The van der Waals surface area contributed by atoms with Crippen LogP contribution in [0.3, 0.4) is 0 Å². The first-order chi connectivity index (χ1) is 8.22. The van der Waals surface area contributed by atoms with E-state index >= 15 is 0 Å². The molecule has 0 aromatic heterocycles. The molecule has 1 aliphatic rings. The van der Waals surface area contributed by atoms with E-state index in [9.17, 15) is 4.79 Å². The number of ketones is 1. The van der Waals surface area contributed by atoms with Crippen molar-refractivity contribution in [2.45, 2.75) is 12.8 Å². The summed E-state index contributed by atoms with van der Waals surface area (Å²) in [6.45, 7) is 1.74. The van der Waals surface area contributed by atoms with Gasteiger partial charge >= 0.3 is 0 Å². The van der Waals surface area contributed by atoms with Crippen LogP contribution in [-0.2, 0) is 0 Å². The predicted molar refractivity (Wildman–Crippen MR) is 67.9 cm³/mol. The molecular formula is C13H16ClNO2. The molecule has 1 heterocycles. The highest BCUT2D eigenvalue weighted by molar-refractivity contribution is 6.31. The molecule has 0 radical (unpaired) electrons. The van der Waals surface area contributed by atoms with Crippen LogP contribution in [0.15, 0.2) is 18.2 Å². The fourth-order valence-electron chi connectivity index (χ4n) is 2.17. The zero-order valence-electron chi connectivity index (χ0n) is 9.83. The summed E-state index contributed by atoms with van der Waals surface area (Å²) in [5.41, 5.74) is 0.591. The molecule has 0 amide bonds. The lowest BCUT2D eigenvalue weighted by Gasteiger charge is -2.22. The molecule has 1 atom stereocenters. The standard InChI is InChI=1S/C13H16ClNO2/c1-17-12-5-4-10(14)7-11(12)13(16)9-3-2-6-15-8-9/h4-5,7,9,15H,2-3,6,8H2,1H3/t9-/m1/s1. The summed E-state index contributed by atoms with van der Waals surface area (Å²) in [5, 5.41) is 3.81. The van der Waals surface area contributed by atoms with Crippen molar-refractivity contribution < 1.29 is 9.53 Å². The lowest BCUT2D eigenvalue weighted by Crippen LogP contribution is -2.34. The van der Waals surface area contributed by atoms with Gasteiger partial charge in [0.25, 0.3) is 0 Å². The monoisotopic (exact) mass is 253 g/mol. The quantitative estimate of drug-likeness (QED) is 0.842. The summed E-state index contributed by atoms with van der Waals surface area (Å²) in [4.78, 5) is 12.4. The van der Waals surface area contributed by atoms with Gasteiger partial charge in [0.15, 0.2) is 5.78 Å². The molecule has 2 rings (SSSR count). The van der Waals surface area contributed by atoms with Crippen molar-refractivity contribution in [1.29, 1.82) is 0 Å². The van der Waals surface area contributed by atoms with Gasteiger partial charge in [-0.2, -0.15) is 0 Å². The molecule has 3 nitrogen and oxygen atoms in total. The topological polar surface area (TPSA) is 38.3 Å². The summed E-state index contributed by atoms with van der Waals surface area (Å²) in [6.07, 6.45) is 1.97. The molecule has 1 N–H and O–H groups in total. The van der Waals surface area contributed by atoms with Gasteiger partial charge in [-0.1, -0.05) is 11.6 Å². The highest BCUT2D eigenvalue weighted by Crippen LogP contribution is 2.27. The number of carbonyl (C=O) groups excluding carboxylic acids is 1. The van der Waals surface area contributed by atoms with Gasteiger partial charge in [-0.05, 0) is 37.6 Å². The highest BCUT2D eigenvalue weighted by Gasteiger charge is 2.24. The molecule has 17 heavy (non-hydrogen) atoms. The number of nitrogens with one attached hydrogen (secondary N) is 1. The lowest BCUT2D eigenvalue weighted by molar-refractivity contribution is 0.0896.